The van der Waals surface area contributed by atoms with E-state index in [0.29, 0.717) is 50.9 Å². The van der Waals surface area contributed by atoms with Gasteiger partial charge in [-0.25, -0.2) is 4.90 Å². The molecule has 2 aliphatic rings. The van der Waals surface area contributed by atoms with Crippen molar-refractivity contribution in [2.45, 2.75) is 65.3 Å². The summed E-state index contributed by atoms with van der Waals surface area (Å²) in [7, 11) is 0. The fourth-order valence-corrected chi connectivity index (χ4v) is 6.72. The first kappa shape index (κ1) is 34.4. The predicted molar refractivity (Wildman–Crippen MR) is 200 cm³/mol. The molecule has 4 amide bonds. The smallest absolute Gasteiger partial charge is 0.266 e. The Bertz CT molecular complexity index is 2250. The molecule has 0 spiro atoms. The molecule has 0 fully saturated rings. The molecule has 0 N–H and O–H groups in total. The van der Waals surface area contributed by atoms with Gasteiger partial charge in [0.15, 0.2) is 0 Å². The summed E-state index contributed by atoms with van der Waals surface area (Å²) in [6.07, 6.45) is 0. The molecule has 0 atom stereocenters. The normalized spacial score (nSPS) is 14.3. The zero-order valence-corrected chi connectivity index (χ0v) is 30.3. The summed E-state index contributed by atoms with van der Waals surface area (Å²) in [6, 6.07) is 32.8. The van der Waals surface area contributed by atoms with Crippen LogP contribution in [0.25, 0.3) is 0 Å². The molecule has 5 aromatic carbocycles. The highest BCUT2D eigenvalue weighted by Gasteiger charge is 2.38. The summed E-state index contributed by atoms with van der Waals surface area (Å²) in [6.45, 7) is 14.2. The third-order valence-corrected chi connectivity index (χ3v) is 9.88. The first-order valence-corrected chi connectivity index (χ1v) is 17.4. The molecule has 8 heteroatoms. The number of amides is 4. The summed E-state index contributed by atoms with van der Waals surface area (Å²) in [5.74, 6) is 0.835. The highest BCUT2D eigenvalue weighted by atomic mass is 16.5. The van der Waals surface area contributed by atoms with Crippen molar-refractivity contribution in [3.8, 4) is 23.0 Å². The van der Waals surface area contributed by atoms with Crippen LogP contribution < -0.4 is 14.4 Å². The molecule has 7 rings (SSSR count). The van der Waals surface area contributed by atoms with Crippen LogP contribution >= 0.6 is 0 Å². The second-order valence-corrected chi connectivity index (χ2v) is 15.1. The van der Waals surface area contributed by atoms with E-state index in [2.05, 4.69) is 34.6 Å². The highest BCUT2D eigenvalue weighted by Crippen LogP contribution is 2.37. The van der Waals surface area contributed by atoms with Gasteiger partial charge in [-0.05, 0) is 109 Å². The maximum Gasteiger partial charge on any atom is 0.266 e. The summed E-state index contributed by atoms with van der Waals surface area (Å²) in [5.41, 5.74) is 4.79. The van der Waals surface area contributed by atoms with Crippen molar-refractivity contribution in [1.29, 1.82) is 0 Å². The molecule has 0 saturated heterocycles. The van der Waals surface area contributed by atoms with Crippen molar-refractivity contribution in [3.63, 3.8) is 0 Å². The number of fused-ring (bicyclic) bond motifs is 2. The number of hydrogen-bond donors (Lipinski definition) is 0. The number of hydrogen-bond acceptors (Lipinski definition) is 6. The molecule has 2 heterocycles. The molecule has 52 heavy (non-hydrogen) atoms. The van der Waals surface area contributed by atoms with Gasteiger partial charge in [0.25, 0.3) is 23.6 Å². The van der Waals surface area contributed by atoms with E-state index in [0.717, 1.165) is 16.7 Å². The number of nitrogens with zero attached hydrogens (tertiary/aromatic N) is 2. The van der Waals surface area contributed by atoms with E-state index in [1.54, 1.807) is 36.4 Å². The zero-order valence-electron chi connectivity index (χ0n) is 30.3. The van der Waals surface area contributed by atoms with Crippen LogP contribution in [0.2, 0.25) is 0 Å². The zero-order chi connectivity index (χ0) is 37.1. The largest absolute Gasteiger partial charge is 0.457 e. The maximum atomic E-state index is 13.4. The summed E-state index contributed by atoms with van der Waals surface area (Å²) >= 11 is 0. The van der Waals surface area contributed by atoms with Gasteiger partial charge in [0.05, 0.1) is 27.9 Å². The van der Waals surface area contributed by atoms with Crippen LogP contribution in [0.3, 0.4) is 0 Å². The van der Waals surface area contributed by atoms with Crippen molar-refractivity contribution >= 4 is 29.3 Å². The first-order chi connectivity index (χ1) is 24.6. The fraction of sp³-hybridized carbons (Fsp3) is 0.227. The maximum absolute atomic E-state index is 13.4. The Morgan fingerprint density at radius 1 is 0.462 bits per heavy atom. The lowest BCUT2D eigenvalue weighted by molar-refractivity contribution is 0.0608. The van der Waals surface area contributed by atoms with Crippen LogP contribution in [0.5, 0.6) is 23.0 Å². The van der Waals surface area contributed by atoms with Crippen LogP contribution in [0.4, 0.5) is 5.69 Å². The lowest BCUT2D eigenvalue weighted by Crippen LogP contribution is -2.35. The predicted octanol–water partition coefficient (Wildman–Crippen LogP) is 9.70. The van der Waals surface area contributed by atoms with E-state index in [1.165, 1.54) is 9.80 Å². The van der Waals surface area contributed by atoms with Crippen LogP contribution in [-0.4, -0.2) is 34.6 Å². The van der Waals surface area contributed by atoms with E-state index in [9.17, 15) is 19.2 Å². The molecule has 0 aliphatic carbocycles. The van der Waals surface area contributed by atoms with E-state index in [4.69, 9.17) is 9.47 Å². The Morgan fingerprint density at radius 3 is 1.31 bits per heavy atom. The summed E-state index contributed by atoms with van der Waals surface area (Å²) in [4.78, 5) is 54.6. The number of anilines is 1. The molecule has 5 aromatic rings. The molecule has 0 saturated carbocycles. The van der Waals surface area contributed by atoms with Gasteiger partial charge in [-0.3, -0.25) is 24.1 Å². The van der Waals surface area contributed by atoms with E-state index >= 15 is 0 Å². The Balaban J connectivity index is 1.02. The molecular weight excluding hydrogens is 652 g/mol. The van der Waals surface area contributed by atoms with Gasteiger partial charge in [0.2, 0.25) is 0 Å². The van der Waals surface area contributed by atoms with E-state index < -0.39 is 0 Å². The van der Waals surface area contributed by atoms with E-state index in [-0.39, 0.29) is 40.5 Å². The van der Waals surface area contributed by atoms with Crippen molar-refractivity contribution in [3.05, 3.63) is 148 Å². The molecule has 0 unspecified atom stereocenters. The van der Waals surface area contributed by atoms with Crippen molar-refractivity contribution < 1.29 is 28.7 Å². The first-order valence-electron chi connectivity index (χ1n) is 17.4. The second-order valence-electron chi connectivity index (χ2n) is 15.1. The second kappa shape index (κ2) is 12.6. The Kier molecular flexibility index (Phi) is 8.37. The molecule has 8 nitrogen and oxygen atoms in total. The Hall–Kier alpha value is -6.02. The number of ether oxygens (including phenoxy) is 2. The number of rotatable bonds is 8. The van der Waals surface area contributed by atoms with Gasteiger partial charge in [0, 0.05) is 11.5 Å². The number of carbonyl (C=O) groups is 4. The summed E-state index contributed by atoms with van der Waals surface area (Å²) in [5, 5.41) is 0. The molecule has 262 valence electrons. The number of imide groups is 2. The third-order valence-electron chi connectivity index (χ3n) is 9.88. The van der Waals surface area contributed by atoms with Gasteiger partial charge < -0.3 is 9.47 Å². The van der Waals surface area contributed by atoms with Gasteiger partial charge in [-0.15, -0.1) is 0 Å². The molecule has 0 radical (unpaired) electrons. The van der Waals surface area contributed by atoms with Crippen LogP contribution in [0.1, 0.15) is 107 Å². The van der Waals surface area contributed by atoms with Crippen molar-refractivity contribution in [2.75, 3.05) is 4.90 Å². The minimum Gasteiger partial charge on any atom is -0.457 e. The minimum absolute atomic E-state index is 0.0431. The van der Waals surface area contributed by atoms with E-state index in [1.807, 2.05) is 86.6 Å². The molecule has 0 aromatic heterocycles. The van der Waals surface area contributed by atoms with Crippen LogP contribution in [0.15, 0.2) is 109 Å². The van der Waals surface area contributed by atoms with Crippen LogP contribution in [-0.2, 0) is 10.8 Å². The van der Waals surface area contributed by atoms with Gasteiger partial charge in [0.1, 0.15) is 23.0 Å². The molecule has 2 aliphatic heterocycles. The number of benzene rings is 5. The Morgan fingerprint density at radius 2 is 0.846 bits per heavy atom. The highest BCUT2D eigenvalue weighted by molar-refractivity contribution is 6.34. The molecule has 0 bridgehead atoms. The topological polar surface area (TPSA) is 93.2 Å². The summed E-state index contributed by atoms with van der Waals surface area (Å²) < 4.78 is 12.2. The molecular formula is C44H40N2O6. The van der Waals surface area contributed by atoms with Crippen molar-refractivity contribution in [2.24, 2.45) is 0 Å². The standard InChI is InChI=1S/C44H40N2O6/c1-26(2)45-39(47)35-22-20-33(24-37(35)41(45)49)51-31-16-10-28(11-17-31)44(6,7)29-12-18-32(19-13-29)52-34-21-23-36-38(25-34)42(50)46(40(36)48)30-14-8-27(9-15-30)43(3,4)5/h8-26H,1-7H3. The van der Waals surface area contributed by atoms with Gasteiger partial charge in [-0.2, -0.15) is 0 Å². The average Bonchev–Trinajstić information content (AvgIpc) is 3.51. The van der Waals surface area contributed by atoms with Gasteiger partial charge in [-0.1, -0.05) is 71.0 Å². The third kappa shape index (κ3) is 6.04. The van der Waals surface area contributed by atoms with Crippen molar-refractivity contribution in [1.82, 2.24) is 4.90 Å². The fourth-order valence-electron chi connectivity index (χ4n) is 6.72. The quantitative estimate of drug-likeness (QED) is 0.150. The lowest BCUT2D eigenvalue weighted by Gasteiger charge is -2.26. The lowest BCUT2D eigenvalue weighted by atomic mass is 9.78. The SMILES string of the molecule is CC(C)N1C(=O)c2ccc(Oc3ccc(C(C)(C)c4ccc(Oc5ccc6c(c5)C(=O)N(c5ccc(C(C)(C)C)cc5)C6=O)cc4)cc3)cc2C1=O. The minimum atomic E-state index is -0.376. The van der Waals surface area contributed by atoms with Gasteiger partial charge >= 0.3 is 0 Å². The monoisotopic (exact) mass is 692 g/mol. The van der Waals surface area contributed by atoms with Crippen LogP contribution in [0, 0.1) is 0 Å². The Labute approximate surface area is 303 Å². The average molecular weight is 693 g/mol. The number of carbonyl (C=O) groups excluding carboxylic acids is 4.